The van der Waals surface area contributed by atoms with E-state index < -0.39 is 12.4 Å². The molecule has 0 aromatic heterocycles. The number of esters is 1. The lowest BCUT2D eigenvalue weighted by atomic mass is 9.37. The van der Waals surface area contributed by atoms with E-state index in [1.165, 1.54) is 12.5 Å². The standard InChI is InChI=1S/C32H50O6/c1-17(33)36-27-18(15-20(37-27)26-29(4,5)38-26)19-9-10-21-30(19,6)13-11-22-31(7)14-12-24(34)28(2,3)23(31)16-25(35)32(21,22)8/h10,18-20,22-27,34-35H,9,11-16H2,1-8H3/t18-,19-,20+,22+,23-,24+,25+,26-,27+,30-,31+,32-/m0/s1. The van der Waals surface area contributed by atoms with Gasteiger partial charge in [-0.15, -0.1) is 0 Å². The Labute approximate surface area is 228 Å². The van der Waals surface area contributed by atoms with Gasteiger partial charge in [0.05, 0.1) is 23.9 Å². The van der Waals surface area contributed by atoms with E-state index in [0.717, 1.165) is 44.9 Å². The number of hydrogen-bond acceptors (Lipinski definition) is 6. The molecule has 0 aromatic carbocycles. The lowest BCUT2D eigenvalue weighted by molar-refractivity contribution is -0.214. The third-order valence-corrected chi connectivity index (χ3v) is 13.1. The molecule has 0 unspecified atom stereocenters. The molecule has 4 aliphatic carbocycles. The van der Waals surface area contributed by atoms with Gasteiger partial charge in [0.15, 0.2) is 0 Å². The molecule has 2 heterocycles. The van der Waals surface area contributed by atoms with E-state index in [2.05, 4.69) is 54.5 Å². The molecule has 5 fully saturated rings. The molecule has 6 heteroatoms. The predicted molar refractivity (Wildman–Crippen MR) is 144 cm³/mol. The van der Waals surface area contributed by atoms with Crippen molar-refractivity contribution in [2.45, 2.75) is 137 Å². The van der Waals surface area contributed by atoms with Gasteiger partial charge in [0, 0.05) is 18.3 Å². The summed E-state index contributed by atoms with van der Waals surface area (Å²) in [7, 11) is 0. The van der Waals surface area contributed by atoms with Crippen molar-refractivity contribution >= 4 is 5.97 Å². The Hall–Kier alpha value is -0.950. The van der Waals surface area contributed by atoms with Crippen LogP contribution in [0.25, 0.3) is 0 Å². The van der Waals surface area contributed by atoms with Crippen LogP contribution in [0.3, 0.4) is 0 Å². The van der Waals surface area contributed by atoms with Crippen LogP contribution in [-0.2, 0) is 19.0 Å². The average Bonchev–Trinajstić information content (AvgIpc) is 3.11. The Morgan fingerprint density at radius 3 is 2.29 bits per heavy atom. The number of fused-ring (bicyclic) bond motifs is 5. The highest BCUT2D eigenvalue weighted by molar-refractivity contribution is 5.66. The second-order valence-corrected chi connectivity index (χ2v) is 15.6. The smallest absolute Gasteiger partial charge is 0.304 e. The van der Waals surface area contributed by atoms with E-state index in [4.69, 9.17) is 14.2 Å². The molecule has 0 spiro atoms. The van der Waals surface area contributed by atoms with Crippen LogP contribution in [0.2, 0.25) is 0 Å². The van der Waals surface area contributed by atoms with E-state index >= 15 is 0 Å². The van der Waals surface area contributed by atoms with Gasteiger partial charge in [0.2, 0.25) is 6.29 Å². The van der Waals surface area contributed by atoms with Crippen LogP contribution in [0, 0.1) is 45.3 Å². The molecule has 6 nitrogen and oxygen atoms in total. The van der Waals surface area contributed by atoms with E-state index in [1.807, 2.05) is 0 Å². The molecule has 12 atom stereocenters. The molecule has 0 amide bonds. The van der Waals surface area contributed by atoms with Gasteiger partial charge < -0.3 is 24.4 Å². The Balaban J connectivity index is 1.31. The zero-order chi connectivity index (χ0) is 27.6. The molecular weight excluding hydrogens is 480 g/mol. The summed E-state index contributed by atoms with van der Waals surface area (Å²) in [5, 5.41) is 22.9. The summed E-state index contributed by atoms with van der Waals surface area (Å²) in [5.41, 5.74) is 0.773. The van der Waals surface area contributed by atoms with Gasteiger partial charge in [-0.1, -0.05) is 46.3 Å². The Bertz CT molecular complexity index is 1030. The van der Waals surface area contributed by atoms with Gasteiger partial charge in [-0.2, -0.15) is 0 Å². The molecule has 0 radical (unpaired) electrons. The van der Waals surface area contributed by atoms with Crippen LogP contribution in [0.1, 0.15) is 100 Å². The molecule has 38 heavy (non-hydrogen) atoms. The van der Waals surface area contributed by atoms with E-state index in [-0.39, 0.29) is 57.5 Å². The minimum Gasteiger partial charge on any atom is -0.436 e. The van der Waals surface area contributed by atoms with Crippen molar-refractivity contribution in [1.82, 2.24) is 0 Å². The Morgan fingerprint density at radius 2 is 1.66 bits per heavy atom. The summed E-state index contributed by atoms with van der Waals surface area (Å²) in [6.07, 6.45) is 7.65. The van der Waals surface area contributed by atoms with Crippen LogP contribution in [-0.4, -0.2) is 52.5 Å². The summed E-state index contributed by atoms with van der Waals surface area (Å²) >= 11 is 0. The second-order valence-electron chi connectivity index (χ2n) is 15.6. The number of hydrogen-bond donors (Lipinski definition) is 2. The average molecular weight is 531 g/mol. The van der Waals surface area contributed by atoms with Crippen LogP contribution < -0.4 is 0 Å². The van der Waals surface area contributed by atoms with Crippen molar-refractivity contribution in [3.8, 4) is 0 Å². The van der Waals surface area contributed by atoms with Crippen molar-refractivity contribution in [2.24, 2.45) is 45.3 Å². The largest absolute Gasteiger partial charge is 0.436 e. The molecule has 3 saturated carbocycles. The van der Waals surface area contributed by atoms with E-state index in [1.54, 1.807) is 0 Å². The fourth-order valence-corrected chi connectivity index (χ4v) is 11.0. The van der Waals surface area contributed by atoms with Crippen LogP contribution in [0.15, 0.2) is 11.6 Å². The fraction of sp³-hybridized carbons (Fsp3) is 0.906. The number of rotatable bonds is 3. The molecule has 0 aromatic rings. The van der Waals surface area contributed by atoms with Gasteiger partial charge in [0.25, 0.3) is 0 Å². The van der Waals surface area contributed by atoms with E-state index in [0.29, 0.717) is 17.8 Å². The molecule has 2 saturated heterocycles. The second kappa shape index (κ2) is 8.30. The highest BCUT2D eigenvalue weighted by atomic mass is 16.7. The van der Waals surface area contributed by atoms with Gasteiger partial charge in [-0.25, -0.2) is 0 Å². The first-order valence-corrected chi connectivity index (χ1v) is 15.1. The maximum atomic E-state index is 12.1. The zero-order valence-corrected chi connectivity index (χ0v) is 24.8. The minimum atomic E-state index is -0.545. The van der Waals surface area contributed by atoms with Gasteiger partial charge in [-0.05, 0) is 92.8 Å². The third-order valence-electron chi connectivity index (χ3n) is 13.1. The maximum absolute atomic E-state index is 12.1. The number of aliphatic hydroxyl groups excluding tert-OH is 2. The van der Waals surface area contributed by atoms with Crippen molar-refractivity contribution in [1.29, 1.82) is 0 Å². The highest BCUT2D eigenvalue weighted by Crippen LogP contribution is 2.73. The number of allylic oxidation sites excluding steroid dienone is 1. The molecule has 2 N–H and O–H groups in total. The van der Waals surface area contributed by atoms with Crippen LogP contribution in [0.5, 0.6) is 0 Å². The topological polar surface area (TPSA) is 88.5 Å². The normalized spacial score (nSPS) is 54.4. The summed E-state index contributed by atoms with van der Waals surface area (Å²) in [4.78, 5) is 12.1. The molecule has 214 valence electrons. The number of carbonyl (C=O) groups is 1. The van der Waals surface area contributed by atoms with Crippen molar-refractivity contribution in [3.63, 3.8) is 0 Å². The Morgan fingerprint density at radius 1 is 0.974 bits per heavy atom. The van der Waals surface area contributed by atoms with Crippen LogP contribution in [0.4, 0.5) is 0 Å². The lowest BCUT2D eigenvalue weighted by Gasteiger charge is -2.68. The molecule has 6 rings (SSSR count). The van der Waals surface area contributed by atoms with Gasteiger partial charge >= 0.3 is 5.97 Å². The monoisotopic (exact) mass is 530 g/mol. The number of carbonyl (C=O) groups excluding carboxylic acids is 1. The first-order chi connectivity index (χ1) is 17.6. The fourth-order valence-electron chi connectivity index (χ4n) is 11.0. The SMILES string of the molecule is CC(=O)O[C@@H]1O[C@@H]([C@@H]2OC2(C)C)C[C@H]1[C@@H]1CC=C2[C@]3(C)[C@H](O)C[C@H]4C(C)(C)[C@H](O)CC[C@]4(C)[C@H]3CC[C@]21C. The zero-order valence-electron chi connectivity index (χ0n) is 24.8. The quantitative estimate of drug-likeness (QED) is 0.289. The molecule has 2 aliphatic heterocycles. The van der Waals surface area contributed by atoms with E-state index in [9.17, 15) is 15.0 Å². The predicted octanol–water partition coefficient (Wildman–Crippen LogP) is 5.40. The van der Waals surface area contributed by atoms with Crippen molar-refractivity contribution in [3.05, 3.63) is 11.6 Å². The maximum Gasteiger partial charge on any atom is 0.304 e. The molecular formula is C32H50O6. The van der Waals surface area contributed by atoms with Crippen molar-refractivity contribution < 1.29 is 29.2 Å². The Kier molecular flexibility index (Phi) is 5.95. The molecule has 0 bridgehead atoms. The van der Waals surface area contributed by atoms with Crippen LogP contribution >= 0.6 is 0 Å². The number of aliphatic hydroxyl groups is 2. The lowest BCUT2D eigenvalue weighted by Crippen LogP contribution is -2.65. The third kappa shape index (κ3) is 3.55. The van der Waals surface area contributed by atoms with Gasteiger partial charge in [-0.3, -0.25) is 4.79 Å². The highest BCUT2D eigenvalue weighted by Gasteiger charge is 2.69. The summed E-state index contributed by atoms with van der Waals surface area (Å²) in [6.45, 7) is 17.3. The first kappa shape index (κ1) is 27.2. The molecule has 6 aliphatic rings. The first-order valence-electron chi connectivity index (χ1n) is 15.1. The van der Waals surface area contributed by atoms with Crippen molar-refractivity contribution in [2.75, 3.05) is 0 Å². The summed E-state index contributed by atoms with van der Waals surface area (Å²) in [6, 6.07) is 0. The summed E-state index contributed by atoms with van der Waals surface area (Å²) < 4.78 is 18.1. The minimum absolute atomic E-state index is 0.0440. The van der Waals surface area contributed by atoms with Gasteiger partial charge in [0.1, 0.15) is 6.10 Å². The summed E-state index contributed by atoms with van der Waals surface area (Å²) in [5.74, 6) is 0.788. The number of ether oxygens (including phenoxy) is 3. The number of epoxide rings is 1.